The number of nitriles is 1. The average molecular weight is 399 g/mol. The van der Waals surface area contributed by atoms with E-state index in [1.165, 1.54) is 0 Å². The highest BCUT2D eigenvalue weighted by atomic mass is 35.5. The normalized spacial score (nSPS) is 20.2. The predicted molar refractivity (Wildman–Crippen MR) is 106 cm³/mol. The molecule has 1 amide bonds. The maximum atomic E-state index is 12.5. The van der Waals surface area contributed by atoms with E-state index in [2.05, 4.69) is 16.4 Å². The van der Waals surface area contributed by atoms with Crippen molar-refractivity contribution >= 4 is 17.5 Å². The van der Waals surface area contributed by atoms with Gasteiger partial charge in [0.05, 0.1) is 18.3 Å². The van der Waals surface area contributed by atoms with Crippen LogP contribution >= 0.6 is 11.6 Å². The summed E-state index contributed by atoms with van der Waals surface area (Å²) in [4.78, 5) is 18.9. The van der Waals surface area contributed by atoms with Crippen LogP contribution in [0.5, 0.6) is 0 Å². The summed E-state index contributed by atoms with van der Waals surface area (Å²) in [6.45, 7) is 2.85. The summed E-state index contributed by atoms with van der Waals surface area (Å²) >= 11 is 6.07. The number of nitrogens with one attached hydrogen (secondary N) is 1. The highest BCUT2D eigenvalue weighted by molar-refractivity contribution is 6.30. The Hall–Kier alpha value is -2.36. The van der Waals surface area contributed by atoms with Crippen LogP contribution in [0.4, 0.5) is 0 Å². The summed E-state index contributed by atoms with van der Waals surface area (Å²) < 4.78 is 5.86. The van der Waals surface area contributed by atoms with Crippen LogP contribution in [-0.2, 0) is 11.2 Å². The minimum atomic E-state index is -0.275. The molecule has 2 fully saturated rings. The van der Waals surface area contributed by atoms with Crippen molar-refractivity contribution < 1.29 is 9.21 Å². The van der Waals surface area contributed by atoms with E-state index in [0.29, 0.717) is 17.5 Å². The summed E-state index contributed by atoms with van der Waals surface area (Å²) in [5.41, 5.74) is 1.65. The van der Waals surface area contributed by atoms with Crippen molar-refractivity contribution in [1.82, 2.24) is 15.2 Å². The molecule has 2 heterocycles. The predicted octanol–water partition coefficient (Wildman–Crippen LogP) is 3.48. The maximum absolute atomic E-state index is 12.5. The number of benzene rings is 1. The molecule has 2 aromatic rings. The van der Waals surface area contributed by atoms with Gasteiger partial charge >= 0.3 is 0 Å². The minimum absolute atomic E-state index is 0.00631. The molecule has 1 aromatic heterocycles. The van der Waals surface area contributed by atoms with E-state index in [0.717, 1.165) is 49.1 Å². The molecule has 0 radical (unpaired) electrons. The van der Waals surface area contributed by atoms with Crippen LogP contribution in [-0.4, -0.2) is 40.5 Å². The fourth-order valence-electron chi connectivity index (χ4n) is 3.79. The molecule has 1 unspecified atom stereocenters. The number of aryl methyl sites for hydroxylation is 1. The Bertz CT molecular complexity index is 929. The number of nitrogens with zero attached hydrogens (tertiary/aromatic N) is 3. The Morgan fingerprint density at radius 2 is 2.32 bits per heavy atom. The average Bonchev–Trinajstić information content (AvgIpc) is 3.11. The Labute approximate surface area is 169 Å². The smallest absolute Gasteiger partial charge is 0.237 e. The molecule has 28 heavy (non-hydrogen) atoms. The molecule has 4 rings (SSSR count). The molecule has 1 saturated carbocycles. The molecule has 146 valence electrons. The first-order valence-corrected chi connectivity index (χ1v) is 10.0. The number of amides is 1. The lowest BCUT2D eigenvalue weighted by atomic mass is 10.1. The molecule has 0 spiro atoms. The molecule has 1 aliphatic heterocycles. The highest BCUT2D eigenvalue weighted by Crippen LogP contribution is 2.39. The second-order valence-corrected chi connectivity index (χ2v) is 8.15. The minimum Gasteiger partial charge on any atom is -0.441 e. The van der Waals surface area contributed by atoms with Crippen LogP contribution in [0.1, 0.15) is 37.1 Å². The molecule has 1 N–H and O–H groups in total. The third-order valence-electron chi connectivity index (χ3n) is 5.66. The van der Waals surface area contributed by atoms with Gasteiger partial charge in [-0.25, -0.2) is 4.98 Å². The summed E-state index contributed by atoms with van der Waals surface area (Å²) in [5, 5.41) is 13.2. The van der Waals surface area contributed by atoms with Gasteiger partial charge in [0.1, 0.15) is 11.8 Å². The Balaban J connectivity index is 1.40. The van der Waals surface area contributed by atoms with Gasteiger partial charge in [0, 0.05) is 29.1 Å². The van der Waals surface area contributed by atoms with E-state index >= 15 is 0 Å². The zero-order chi connectivity index (χ0) is 19.7. The molecule has 1 saturated heterocycles. The van der Waals surface area contributed by atoms with Gasteiger partial charge in [-0.1, -0.05) is 17.7 Å². The lowest BCUT2D eigenvalue weighted by Crippen LogP contribution is -2.45. The van der Waals surface area contributed by atoms with Gasteiger partial charge in [-0.15, -0.1) is 0 Å². The highest BCUT2D eigenvalue weighted by Gasteiger charge is 2.44. The fraction of sp³-hybridized carbons (Fsp3) is 0.476. The summed E-state index contributed by atoms with van der Waals surface area (Å²) in [7, 11) is 0. The van der Waals surface area contributed by atoms with Crippen molar-refractivity contribution in [3.8, 4) is 17.5 Å². The van der Waals surface area contributed by atoms with E-state index in [-0.39, 0.29) is 24.0 Å². The van der Waals surface area contributed by atoms with E-state index < -0.39 is 0 Å². The number of hydrogen-bond donors (Lipinski definition) is 1. The Morgan fingerprint density at radius 1 is 1.50 bits per heavy atom. The van der Waals surface area contributed by atoms with Crippen molar-refractivity contribution in [2.24, 2.45) is 0 Å². The third kappa shape index (κ3) is 3.91. The van der Waals surface area contributed by atoms with Crippen molar-refractivity contribution in [2.45, 2.75) is 50.6 Å². The van der Waals surface area contributed by atoms with Gasteiger partial charge in [-0.05, 0) is 50.8 Å². The fourth-order valence-corrected chi connectivity index (χ4v) is 3.98. The second kappa shape index (κ2) is 7.57. The van der Waals surface area contributed by atoms with Crippen LogP contribution in [0.25, 0.3) is 11.5 Å². The van der Waals surface area contributed by atoms with Crippen LogP contribution < -0.4 is 5.32 Å². The zero-order valence-corrected chi connectivity index (χ0v) is 16.6. The number of rotatable bonds is 6. The molecule has 6 nitrogen and oxygen atoms in total. The van der Waals surface area contributed by atoms with Gasteiger partial charge in [0.25, 0.3) is 0 Å². The van der Waals surface area contributed by atoms with Gasteiger partial charge in [-0.3, -0.25) is 4.79 Å². The maximum Gasteiger partial charge on any atom is 0.237 e. The quantitative estimate of drug-likeness (QED) is 0.805. The molecule has 7 heteroatoms. The molecular formula is C21H23ClN4O2. The number of carbonyl (C=O) groups is 1. The van der Waals surface area contributed by atoms with Crippen molar-refractivity contribution in [2.75, 3.05) is 13.1 Å². The van der Waals surface area contributed by atoms with Crippen molar-refractivity contribution in [3.63, 3.8) is 0 Å². The number of likely N-dealkylation sites (tertiary alicyclic amines) is 1. The molecule has 2 aliphatic rings. The summed E-state index contributed by atoms with van der Waals surface area (Å²) in [6, 6.07) is 9.40. The summed E-state index contributed by atoms with van der Waals surface area (Å²) in [6.07, 6.45) is 4.40. The van der Waals surface area contributed by atoms with Crippen molar-refractivity contribution in [1.29, 1.82) is 5.26 Å². The topological polar surface area (TPSA) is 82.2 Å². The first-order chi connectivity index (χ1) is 13.5. The molecule has 1 atom stereocenters. The number of oxazole rings is 1. The van der Waals surface area contributed by atoms with Gasteiger partial charge in [-0.2, -0.15) is 5.26 Å². The molecular weight excluding hydrogens is 376 g/mol. The van der Waals surface area contributed by atoms with Crippen LogP contribution in [0.3, 0.4) is 0 Å². The molecule has 1 aromatic carbocycles. The standard InChI is InChI=1S/C21H23ClN4O2/c1-14-18(25-20(28-14)15-4-2-5-16(22)10-15)11-21(7-8-21)24-13-19(27)26-9-3-6-17(26)12-23/h2,4-5,10,17,24H,3,6-9,11,13H2,1H3. The van der Waals surface area contributed by atoms with Crippen molar-refractivity contribution in [3.05, 3.63) is 40.7 Å². The van der Waals surface area contributed by atoms with E-state index in [1.54, 1.807) is 4.90 Å². The first kappa shape index (κ1) is 19.0. The monoisotopic (exact) mass is 398 g/mol. The van der Waals surface area contributed by atoms with Crippen LogP contribution in [0.15, 0.2) is 28.7 Å². The number of aromatic nitrogens is 1. The summed E-state index contributed by atoms with van der Waals surface area (Å²) in [5.74, 6) is 1.36. The van der Waals surface area contributed by atoms with Gasteiger partial charge in [0.15, 0.2) is 0 Å². The molecule has 0 bridgehead atoms. The largest absolute Gasteiger partial charge is 0.441 e. The van der Waals surface area contributed by atoms with E-state index in [1.807, 2.05) is 31.2 Å². The van der Waals surface area contributed by atoms with Crippen LogP contribution in [0.2, 0.25) is 5.02 Å². The third-order valence-corrected chi connectivity index (χ3v) is 5.90. The number of hydrogen-bond acceptors (Lipinski definition) is 5. The zero-order valence-electron chi connectivity index (χ0n) is 15.9. The Morgan fingerprint density at radius 3 is 3.04 bits per heavy atom. The first-order valence-electron chi connectivity index (χ1n) is 9.66. The molecule has 1 aliphatic carbocycles. The van der Waals surface area contributed by atoms with Crippen LogP contribution in [0, 0.1) is 18.3 Å². The van der Waals surface area contributed by atoms with E-state index in [4.69, 9.17) is 16.0 Å². The number of carbonyl (C=O) groups excluding carboxylic acids is 1. The number of halogens is 1. The van der Waals surface area contributed by atoms with Gasteiger partial charge < -0.3 is 14.6 Å². The second-order valence-electron chi connectivity index (χ2n) is 7.72. The lowest BCUT2D eigenvalue weighted by molar-refractivity contribution is -0.130. The SMILES string of the molecule is Cc1oc(-c2cccc(Cl)c2)nc1CC1(NCC(=O)N2CCCC2C#N)CC1. The lowest BCUT2D eigenvalue weighted by Gasteiger charge is -2.22. The Kier molecular flexibility index (Phi) is 5.13. The van der Waals surface area contributed by atoms with Gasteiger partial charge in [0.2, 0.25) is 11.8 Å². The van der Waals surface area contributed by atoms with E-state index in [9.17, 15) is 10.1 Å².